The second-order valence-corrected chi connectivity index (χ2v) is 4.99. The minimum Gasteiger partial charge on any atom is -0.337 e. The summed E-state index contributed by atoms with van der Waals surface area (Å²) < 4.78 is 6.83. The Morgan fingerprint density at radius 3 is 2.80 bits per heavy atom. The van der Waals surface area contributed by atoms with E-state index in [1.807, 2.05) is 37.3 Å². The lowest BCUT2D eigenvalue weighted by atomic mass is 10.2. The Hall–Kier alpha value is -2.21. The standard InChI is InChI=1S/C13H12ClN5O/c1-9(14)11-7-19(18-16-11)8-12-15-13(17-20-12)10-5-3-2-4-6-10/h2-7,9H,8H2,1H3. The van der Waals surface area contributed by atoms with Crippen LogP contribution in [0.1, 0.15) is 23.9 Å². The van der Waals surface area contributed by atoms with Crippen LogP contribution in [0.3, 0.4) is 0 Å². The third-order valence-corrected chi connectivity index (χ3v) is 2.98. The Morgan fingerprint density at radius 2 is 2.10 bits per heavy atom. The summed E-state index contributed by atoms with van der Waals surface area (Å²) in [4.78, 5) is 4.33. The van der Waals surface area contributed by atoms with E-state index in [2.05, 4.69) is 20.5 Å². The molecule has 0 aliphatic heterocycles. The fourth-order valence-electron chi connectivity index (χ4n) is 1.74. The minimum absolute atomic E-state index is 0.175. The van der Waals surface area contributed by atoms with Gasteiger partial charge in [-0.05, 0) is 6.92 Å². The maximum absolute atomic E-state index is 5.94. The molecule has 0 N–H and O–H groups in total. The van der Waals surface area contributed by atoms with E-state index < -0.39 is 0 Å². The summed E-state index contributed by atoms with van der Waals surface area (Å²) in [6, 6.07) is 9.65. The molecule has 1 unspecified atom stereocenters. The monoisotopic (exact) mass is 289 g/mol. The Kier molecular flexibility index (Phi) is 3.47. The molecular weight excluding hydrogens is 278 g/mol. The van der Waals surface area contributed by atoms with Gasteiger partial charge >= 0.3 is 0 Å². The van der Waals surface area contributed by atoms with Gasteiger partial charge in [-0.1, -0.05) is 40.7 Å². The lowest BCUT2D eigenvalue weighted by Gasteiger charge is -1.94. The van der Waals surface area contributed by atoms with Crippen molar-refractivity contribution in [3.63, 3.8) is 0 Å². The first kappa shape index (κ1) is 12.8. The predicted octanol–water partition coefficient (Wildman–Crippen LogP) is 2.68. The molecule has 0 spiro atoms. The Morgan fingerprint density at radius 1 is 1.30 bits per heavy atom. The van der Waals surface area contributed by atoms with Crippen LogP contribution in [0.15, 0.2) is 41.1 Å². The SMILES string of the molecule is CC(Cl)c1cn(Cc2nc(-c3ccccc3)no2)nn1. The molecule has 0 radical (unpaired) electrons. The van der Waals surface area contributed by atoms with Gasteiger partial charge in [0.05, 0.1) is 11.6 Å². The van der Waals surface area contributed by atoms with E-state index in [1.54, 1.807) is 10.9 Å². The number of nitrogens with zero attached hydrogens (tertiary/aromatic N) is 5. The number of alkyl halides is 1. The van der Waals surface area contributed by atoms with E-state index >= 15 is 0 Å². The van der Waals surface area contributed by atoms with Crippen LogP contribution in [0.5, 0.6) is 0 Å². The second kappa shape index (κ2) is 5.42. The predicted molar refractivity (Wildman–Crippen MR) is 73.1 cm³/mol. The molecule has 3 rings (SSSR count). The summed E-state index contributed by atoms with van der Waals surface area (Å²) in [5.41, 5.74) is 1.63. The summed E-state index contributed by atoms with van der Waals surface area (Å²) in [6.07, 6.45) is 1.77. The van der Waals surface area contributed by atoms with Crippen LogP contribution < -0.4 is 0 Å². The third-order valence-electron chi connectivity index (χ3n) is 2.76. The van der Waals surface area contributed by atoms with Gasteiger partial charge in [0.15, 0.2) is 0 Å². The molecule has 1 atom stereocenters. The molecule has 6 nitrogen and oxygen atoms in total. The van der Waals surface area contributed by atoms with Crippen molar-refractivity contribution in [2.75, 3.05) is 0 Å². The lowest BCUT2D eigenvalue weighted by molar-refractivity contribution is 0.364. The number of hydrogen-bond donors (Lipinski definition) is 0. The fourth-order valence-corrected chi connectivity index (χ4v) is 1.84. The van der Waals surface area contributed by atoms with Gasteiger partial charge in [0, 0.05) is 5.56 Å². The summed E-state index contributed by atoms with van der Waals surface area (Å²) >= 11 is 5.94. The van der Waals surface area contributed by atoms with Crippen LogP contribution in [0, 0.1) is 0 Å². The fraction of sp³-hybridized carbons (Fsp3) is 0.231. The molecule has 0 fully saturated rings. The minimum atomic E-state index is -0.175. The number of hydrogen-bond acceptors (Lipinski definition) is 5. The van der Waals surface area contributed by atoms with Crippen molar-refractivity contribution in [2.24, 2.45) is 0 Å². The Labute approximate surface area is 120 Å². The van der Waals surface area contributed by atoms with E-state index in [0.717, 1.165) is 11.3 Å². The zero-order chi connectivity index (χ0) is 13.9. The lowest BCUT2D eigenvalue weighted by Crippen LogP contribution is -2.00. The summed E-state index contributed by atoms with van der Waals surface area (Å²) in [5, 5.41) is 11.7. The van der Waals surface area contributed by atoms with E-state index in [0.29, 0.717) is 18.3 Å². The molecule has 3 aromatic rings. The van der Waals surface area contributed by atoms with Crippen molar-refractivity contribution >= 4 is 11.6 Å². The maximum Gasteiger partial charge on any atom is 0.248 e. The molecule has 0 bridgehead atoms. The average molecular weight is 290 g/mol. The Balaban J connectivity index is 1.77. The van der Waals surface area contributed by atoms with Gasteiger partial charge in [-0.15, -0.1) is 16.7 Å². The van der Waals surface area contributed by atoms with Crippen molar-refractivity contribution < 1.29 is 4.52 Å². The molecule has 0 saturated carbocycles. The Bertz CT molecular complexity index is 692. The van der Waals surface area contributed by atoms with Crippen molar-refractivity contribution in [1.82, 2.24) is 25.1 Å². The van der Waals surface area contributed by atoms with Crippen LogP contribution in [0.4, 0.5) is 0 Å². The van der Waals surface area contributed by atoms with Crippen molar-refractivity contribution in [2.45, 2.75) is 18.8 Å². The molecule has 0 aliphatic rings. The quantitative estimate of drug-likeness (QED) is 0.691. The van der Waals surface area contributed by atoms with Crippen molar-refractivity contribution in [1.29, 1.82) is 0 Å². The highest BCUT2D eigenvalue weighted by atomic mass is 35.5. The van der Waals surface area contributed by atoms with E-state index in [-0.39, 0.29) is 5.38 Å². The van der Waals surface area contributed by atoms with Gasteiger partial charge < -0.3 is 4.52 Å². The van der Waals surface area contributed by atoms with Gasteiger partial charge in [0.1, 0.15) is 12.2 Å². The number of rotatable bonds is 4. The third kappa shape index (κ3) is 2.70. The molecule has 0 saturated heterocycles. The average Bonchev–Trinajstić information content (AvgIpc) is 3.10. The van der Waals surface area contributed by atoms with Crippen LogP contribution in [0.25, 0.3) is 11.4 Å². The first-order chi connectivity index (χ1) is 9.72. The molecule has 2 aromatic heterocycles. The highest BCUT2D eigenvalue weighted by molar-refractivity contribution is 6.20. The highest BCUT2D eigenvalue weighted by Gasteiger charge is 2.11. The van der Waals surface area contributed by atoms with Crippen molar-refractivity contribution in [3.05, 3.63) is 48.1 Å². The highest BCUT2D eigenvalue weighted by Crippen LogP contribution is 2.17. The molecule has 102 valence electrons. The summed E-state index contributed by atoms with van der Waals surface area (Å²) in [7, 11) is 0. The smallest absolute Gasteiger partial charge is 0.248 e. The largest absolute Gasteiger partial charge is 0.337 e. The van der Waals surface area contributed by atoms with Crippen LogP contribution in [-0.2, 0) is 6.54 Å². The molecule has 0 amide bonds. The van der Waals surface area contributed by atoms with Crippen molar-refractivity contribution in [3.8, 4) is 11.4 Å². The van der Waals surface area contributed by atoms with Crippen LogP contribution in [-0.4, -0.2) is 25.1 Å². The second-order valence-electron chi connectivity index (χ2n) is 4.33. The van der Waals surface area contributed by atoms with E-state index in [1.165, 1.54) is 0 Å². The van der Waals surface area contributed by atoms with E-state index in [4.69, 9.17) is 16.1 Å². The molecule has 20 heavy (non-hydrogen) atoms. The first-order valence-corrected chi connectivity index (χ1v) is 6.58. The van der Waals surface area contributed by atoms with Gasteiger partial charge in [0.2, 0.25) is 11.7 Å². The van der Waals surface area contributed by atoms with Gasteiger partial charge in [-0.25, -0.2) is 4.68 Å². The zero-order valence-electron chi connectivity index (χ0n) is 10.8. The number of aromatic nitrogens is 5. The topological polar surface area (TPSA) is 69.6 Å². The summed E-state index contributed by atoms with van der Waals surface area (Å²) in [5.74, 6) is 1.04. The van der Waals surface area contributed by atoms with Crippen LogP contribution >= 0.6 is 11.6 Å². The maximum atomic E-state index is 5.94. The van der Waals surface area contributed by atoms with Crippen LogP contribution in [0.2, 0.25) is 0 Å². The summed E-state index contributed by atoms with van der Waals surface area (Å²) in [6.45, 7) is 2.21. The molecular formula is C13H12ClN5O. The van der Waals surface area contributed by atoms with Gasteiger partial charge in [0.25, 0.3) is 0 Å². The van der Waals surface area contributed by atoms with Gasteiger partial charge in [-0.2, -0.15) is 4.98 Å². The molecule has 7 heteroatoms. The normalized spacial score (nSPS) is 12.5. The molecule has 0 aliphatic carbocycles. The zero-order valence-corrected chi connectivity index (χ0v) is 11.5. The molecule has 1 aromatic carbocycles. The number of benzene rings is 1. The van der Waals surface area contributed by atoms with E-state index in [9.17, 15) is 0 Å². The molecule has 2 heterocycles. The van der Waals surface area contributed by atoms with Gasteiger partial charge in [-0.3, -0.25) is 0 Å². The first-order valence-electron chi connectivity index (χ1n) is 6.14. The number of halogens is 1.